The Bertz CT molecular complexity index is 1620. The van der Waals surface area contributed by atoms with Gasteiger partial charge in [0.25, 0.3) is 11.5 Å². The molecule has 0 spiro atoms. The van der Waals surface area contributed by atoms with Crippen LogP contribution in [0.2, 0.25) is 0 Å². The minimum absolute atomic E-state index is 0.0465. The number of para-hydroxylation sites is 2. The Morgan fingerprint density at radius 2 is 1.94 bits per heavy atom. The maximum absolute atomic E-state index is 13.6. The number of thiazole rings is 1. The summed E-state index contributed by atoms with van der Waals surface area (Å²) in [5.74, 6) is -0.0379. The quantitative estimate of drug-likeness (QED) is 0.435. The lowest BCUT2D eigenvalue weighted by Crippen LogP contribution is -2.40. The van der Waals surface area contributed by atoms with Crippen molar-refractivity contribution in [2.45, 2.75) is 13.0 Å². The lowest BCUT2D eigenvalue weighted by Gasteiger charge is -2.24. The summed E-state index contributed by atoms with van der Waals surface area (Å²) in [7, 11) is 1.47. The molecule has 1 aliphatic heterocycles. The average molecular weight is 504 g/mol. The summed E-state index contributed by atoms with van der Waals surface area (Å²) in [6.45, 7) is 1.78. The zero-order valence-electron chi connectivity index (χ0n) is 18.9. The minimum Gasteiger partial charge on any atom is -0.504 e. The second-order valence-corrected chi connectivity index (χ2v) is 9.80. The highest BCUT2D eigenvalue weighted by atomic mass is 32.1. The number of allylic oxidation sites excluding steroid dienone is 1. The van der Waals surface area contributed by atoms with E-state index in [4.69, 9.17) is 4.74 Å². The molecule has 1 aliphatic rings. The second-order valence-electron chi connectivity index (χ2n) is 7.82. The van der Waals surface area contributed by atoms with Crippen LogP contribution in [-0.4, -0.2) is 22.7 Å². The summed E-state index contributed by atoms with van der Waals surface area (Å²) in [5, 5.41) is 15.4. The summed E-state index contributed by atoms with van der Waals surface area (Å²) in [5.41, 5.74) is 1.80. The predicted octanol–water partition coefficient (Wildman–Crippen LogP) is 3.65. The van der Waals surface area contributed by atoms with E-state index in [9.17, 15) is 14.7 Å². The third kappa shape index (κ3) is 4.20. The van der Waals surface area contributed by atoms with Gasteiger partial charge in [0.1, 0.15) is 6.04 Å². The number of benzene rings is 2. The molecule has 0 saturated carbocycles. The molecule has 0 unspecified atom stereocenters. The van der Waals surface area contributed by atoms with Crippen LogP contribution in [0.1, 0.15) is 23.4 Å². The highest BCUT2D eigenvalue weighted by molar-refractivity contribution is 7.10. The molecule has 2 aromatic carbocycles. The molecular weight excluding hydrogens is 482 g/mol. The summed E-state index contributed by atoms with van der Waals surface area (Å²) in [6.07, 6.45) is 1.62. The molecule has 9 heteroatoms. The molecule has 176 valence electrons. The Labute approximate surface area is 208 Å². The van der Waals surface area contributed by atoms with Gasteiger partial charge in [0.2, 0.25) is 0 Å². The topological polar surface area (TPSA) is 92.9 Å². The SMILES string of the molecule is COc1cccc(/C=c2\sc3n(c2=O)[C@H](c2cccs2)C(C(=O)Nc2ccccc2)=C(C)N=3)c1O. The fourth-order valence-electron chi connectivity index (χ4n) is 4.01. The van der Waals surface area contributed by atoms with Gasteiger partial charge in [0.15, 0.2) is 16.3 Å². The van der Waals surface area contributed by atoms with Crippen molar-refractivity contribution in [2.75, 3.05) is 12.4 Å². The first-order valence-corrected chi connectivity index (χ1v) is 12.5. The second kappa shape index (κ2) is 9.36. The maximum Gasteiger partial charge on any atom is 0.271 e. The van der Waals surface area contributed by atoms with E-state index in [1.807, 2.05) is 47.8 Å². The molecule has 1 amide bonds. The van der Waals surface area contributed by atoms with Gasteiger partial charge in [0, 0.05) is 16.1 Å². The van der Waals surface area contributed by atoms with Gasteiger partial charge >= 0.3 is 0 Å². The van der Waals surface area contributed by atoms with Gasteiger partial charge in [-0.1, -0.05) is 47.7 Å². The number of methoxy groups -OCH3 is 1. The van der Waals surface area contributed by atoms with E-state index < -0.39 is 6.04 Å². The third-order valence-electron chi connectivity index (χ3n) is 5.65. The molecule has 0 bridgehead atoms. The molecule has 2 aromatic heterocycles. The summed E-state index contributed by atoms with van der Waals surface area (Å²) < 4.78 is 7.14. The number of anilines is 1. The van der Waals surface area contributed by atoms with Crippen LogP contribution < -0.4 is 24.9 Å². The Morgan fingerprint density at radius 1 is 1.14 bits per heavy atom. The van der Waals surface area contributed by atoms with Gasteiger partial charge in [-0.15, -0.1) is 11.3 Å². The van der Waals surface area contributed by atoms with Crippen molar-refractivity contribution in [3.05, 3.63) is 107 Å². The molecule has 3 heterocycles. The van der Waals surface area contributed by atoms with Crippen molar-refractivity contribution < 1.29 is 14.6 Å². The van der Waals surface area contributed by atoms with Crippen LogP contribution in [0.15, 0.2) is 87.1 Å². The van der Waals surface area contributed by atoms with E-state index in [0.29, 0.717) is 37.6 Å². The Hall–Kier alpha value is -3.95. The highest BCUT2D eigenvalue weighted by Crippen LogP contribution is 2.33. The molecule has 4 aromatic rings. The molecule has 0 aliphatic carbocycles. The number of aromatic nitrogens is 1. The number of hydrogen-bond donors (Lipinski definition) is 2. The standard InChI is InChI=1S/C26H21N3O4S2/c1-15-21(24(31)28-17-9-4-3-5-10-17)22(19-12-7-13-34-19)29-25(32)20(35-26(29)27-15)14-16-8-6-11-18(33-2)23(16)30/h3-14,22,30H,1-2H3,(H,28,31)/b20-14-/t22-/m1/s1. The monoisotopic (exact) mass is 503 g/mol. The van der Waals surface area contributed by atoms with Crippen LogP contribution in [-0.2, 0) is 4.79 Å². The van der Waals surface area contributed by atoms with Crippen molar-refractivity contribution in [2.24, 2.45) is 4.99 Å². The number of hydrogen-bond acceptors (Lipinski definition) is 7. The molecule has 0 saturated heterocycles. The molecule has 0 fully saturated rings. The highest BCUT2D eigenvalue weighted by Gasteiger charge is 2.33. The van der Waals surface area contributed by atoms with Gasteiger partial charge in [-0.2, -0.15) is 0 Å². The molecule has 2 N–H and O–H groups in total. The number of phenolic OH excluding ortho intramolecular Hbond substituents is 1. The van der Waals surface area contributed by atoms with Crippen molar-refractivity contribution in [1.82, 2.24) is 4.57 Å². The van der Waals surface area contributed by atoms with Gasteiger partial charge in [-0.05, 0) is 42.6 Å². The Balaban J connectivity index is 1.66. The molecule has 5 rings (SSSR count). The summed E-state index contributed by atoms with van der Waals surface area (Å²) >= 11 is 2.69. The number of aromatic hydroxyl groups is 1. The van der Waals surface area contributed by atoms with E-state index in [1.165, 1.54) is 29.8 Å². The summed E-state index contributed by atoms with van der Waals surface area (Å²) in [4.78, 5) is 33.0. The number of amides is 1. The predicted molar refractivity (Wildman–Crippen MR) is 138 cm³/mol. The first kappa shape index (κ1) is 22.8. The number of fused-ring (bicyclic) bond motifs is 1. The van der Waals surface area contributed by atoms with Gasteiger partial charge < -0.3 is 15.2 Å². The zero-order chi connectivity index (χ0) is 24.5. The molecule has 0 radical (unpaired) electrons. The first-order valence-electron chi connectivity index (χ1n) is 10.8. The van der Waals surface area contributed by atoms with Crippen molar-refractivity contribution in [1.29, 1.82) is 0 Å². The normalized spacial score (nSPS) is 15.5. The van der Waals surface area contributed by atoms with E-state index in [2.05, 4.69) is 10.3 Å². The molecule has 1 atom stereocenters. The van der Waals surface area contributed by atoms with Gasteiger partial charge in [-0.25, -0.2) is 4.99 Å². The lowest BCUT2D eigenvalue weighted by atomic mass is 10.0. The Kier molecular flexibility index (Phi) is 6.10. The number of nitrogens with zero attached hydrogens (tertiary/aromatic N) is 2. The van der Waals surface area contributed by atoms with Crippen LogP contribution in [0.5, 0.6) is 11.5 Å². The Morgan fingerprint density at radius 3 is 2.66 bits per heavy atom. The fourth-order valence-corrected chi connectivity index (χ4v) is 5.87. The van der Waals surface area contributed by atoms with Crippen molar-refractivity contribution in [3.63, 3.8) is 0 Å². The molecule has 35 heavy (non-hydrogen) atoms. The number of thiophene rings is 1. The number of carbonyl (C=O) groups excluding carboxylic acids is 1. The van der Waals surface area contributed by atoms with Crippen LogP contribution >= 0.6 is 22.7 Å². The van der Waals surface area contributed by atoms with Gasteiger partial charge in [-0.3, -0.25) is 14.2 Å². The van der Waals surface area contributed by atoms with Crippen LogP contribution in [0.4, 0.5) is 5.69 Å². The molecular formula is C26H21N3O4S2. The largest absolute Gasteiger partial charge is 0.504 e. The number of nitrogens with one attached hydrogen (secondary N) is 1. The summed E-state index contributed by atoms with van der Waals surface area (Å²) in [6, 6.07) is 17.5. The van der Waals surface area contributed by atoms with Crippen molar-refractivity contribution in [3.8, 4) is 11.5 Å². The minimum atomic E-state index is -0.615. The number of phenols is 1. The van der Waals surface area contributed by atoms with Crippen LogP contribution in [0.25, 0.3) is 6.08 Å². The zero-order valence-corrected chi connectivity index (χ0v) is 20.5. The first-order chi connectivity index (χ1) is 17.0. The third-order valence-corrected chi connectivity index (χ3v) is 7.56. The van der Waals surface area contributed by atoms with Crippen LogP contribution in [0, 0.1) is 0 Å². The van der Waals surface area contributed by atoms with Gasteiger partial charge in [0.05, 0.1) is 22.9 Å². The number of rotatable bonds is 5. The van der Waals surface area contributed by atoms with E-state index >= 15 is 0 Å². The fraction of sp³-hybridized carbons (Fsp3) is 0.115. The smallest absolute Gasteiger partial charge is 0.271 e. The lowest BCUT2D eigenvalue weighted by molar-refractivity contribution is -0.113. The number of ether oxygens (including phenoxy) is 1. The van der Waals surface area contributed by atoms with E-state index in [-0.39, 0.29) is 17.2 Å². The van der Waals surface area contributed by atoms with Crippen molar-refractivity contribution >= 4 is 40.3 Å². The average Bonchev–Trinajstić information content (AvgIpc) is 3.49. The van der Waals surface area contributed by atoms with E-state index in [1.54, 1.807) is 35.8 Å². The molecule has 7 nitrogen and oxygen atoms in total. The maximum atomic E-state index is 13.6. The van der Waals surface area contributed by atoms with Crippen LogP contribution in [0.3, 0.4) is 0 Å². The van der Waals surface area contributed by atoms with E-state index in [0.717, 1.165) is 4.88 Å². The number of carbonyl (C=O) groups is 1.